The molecule has 0 aromatic heterocycles. The lowest BCUT2D eigenvalue weighted by Gasteiger charge is -2.16. The summed E-state index contributed by atoms with van der Waals surface area (Å²) in [5, 5.41) is 17.8. The van der Waals surface area contributed by atoms with Gasteiger partial charge in [-0.05, 0) is 60.7 Å². The SMILES string of the molecule is N#Cc1ccc(Oc2cccc(OP(=O)(O)O)c2Oc2ccc(C#N)cc2)cc1. The second-order valence-electron chi connectivity index (χ2n) is 5.64. The van der Waals surface area contributed by atoms with E-state index in [1.807, 2.05) is 12.1 Å². The van der Waals surface area contributed by atoms with E-state index < -0.39 is 7.82 Å². The zero-order chi connectivity index (χ0) is 20.9. The molecule has 0 radical (unpaired) electrons. The van der Waals surface area contributed by atoms with E-state index in [0.29, 0.717) is 22.6 Å². The average Bonchev–Trinajstić information content (AvgIpc) is 2.70. The first-order valence-corrected chi connectivity index (χ1v) is 9.65. The molecule has 0 aliphatic carbocycles. The van der Waals surface area contributed by atoms with Gasteiger partial charge in [-0.2, -0.15) is 10.5 Å². The lowest BCUT2D eigenvalue weighted by atomic mass is 10.2. The van der Waals surface area contributed by atoms with Crippen LogP contribution in [0.2, 0.25) is 0 Å². The highest BCUT2D eigenvalue weighted by atomic mass is 31.2. The summed E-state index contributed by atoms with van der Waals surface area (Å²) in [5.74, 6) is 0.515. The topological polar surface area (TPSA) is 133 Å². The van der Waals surface area contributed by atoms with Gasteiger partial charge in [0.25, 0.3) is 0 Å². The van der Waals surface area contributed by atoms with Crippen LogP contribution in [0.4, 0.5) is 0 Å². The number of nitriles is 2. The monoisotopic (exact) mass is 408 g/mol. The van der Waals surface area contributed by atoms with Gasteiger partial charge in [0.1, 0.15) is 11.5 Å². The summed E-state index contributed by atoms with van der Waals surface area (Å²) in [5.41, 5.74) is 0.871. The van der Waals surface area contributed by atoms with Crippen molar-refractivity contribution in [3.8, 4) is 40.9 Å². The molecule has 2 N–H and O–H groups in total. The summed E-state index contributed by atoms with van der Waals surface area (Å²) in [6.07, 6.45) is 0. The van der Waals surface area contributed by atoms with Gasteiger partial charge >= 0.3 is 7.82 Å². The van der Waals surface area contributed by atoms with Crippen molar-refractivity contribution in [2.75, 3.05) is 0 Å². The van der Waals surface area contributed by atoms with Crippen LogP contribution < -0.4 is 14.0 Å². The van der Waals surface area contributed by atoms with Gasteiger partial charge in [0.05, 0.1) is 23.3 Å². The Bertz CT molecular complexity index is 1140. The number of ether oxygens (including phenoxy) is 2. The molecule has 8 nitrogen and oxygen atoms in total. The number of rotatable bonds is 6. The zero-order valence-corrected chi connectivity index (χ0v) is 15.6. The van der Waals surface area contributed by atoms with E-state index in [4.69, 9.17) is 24.5 Å². The number of hydrogen-bond donors (Lipinski definition) is 2. The van der Waals surface area contributed by atoms with Crippen molar-refractivity contribution in [3.05, 3.63) is 77.9 Å². The smallest absolute Gasteiger partial charge is 0.453 e. The predicted octanol–water partition coefficient (Wildman–Crippen LogP) is 4.49. The number of hydrogen-bond acceptors (Lipinski definition) is 6. The number of nitrogens with zero attached hydrogens (tertiary/aromatic N) is 2. The molecule has 3 aromatic carbocycles. The number of phosphoric ester groups is 1. The first-order chi connectivity index (χ1) is 13.9. The standard InChI is InChI=1S/C20H13N2O6P/c21-12-14-4-8-16(9-5-14)26-18-2-1-3-19(28-29(23,24)25)20(18)27-17-10-6-15(13-22)7-11-17/h1-11H,(H2,23,24,25). The quantitative estimate of drug-likeness (QED) is 0.570. The normalized spacial score (nSPS) is 10.5. The fourth-order valence-corrected chi connectivity index (χ4v) is 2.72. The van der Waals surface area contributed by atoms with Crippen molar-refractivity contribution in [3.63, 3.8) is 0 Å². The summed E-state index contributed by atoms with van der Waals surface area (Å²) in [6, 6.07) is 20.7. The van der Waals surface area contributed by atoms with Gasteiger partial charge in [0.15, 0.2) is 11.5 Å². The van der Waals surface area contributed by atoms with Gasteiger partial charge in [-0.1, -0.05) is 6.07 Å². The maximum atomic E-state index is 11.3. The molecule has 9 heteroatoms. The van der Waals surface area contributed by atoms with Crippen molar-refractivity contribution >= 4 is 7.82 Å². The summed E-state index contributed by atoms with van der Waals surface area (Å²) in [7, 11) is -4.86. The lowest BCUT2D eigenvalue weighted by molar-refractivity contribution is 0.277. The van der Waals surface area contributed by atoms with E-state index in [2.05, 4.69) is 0 Å². The third-order valence-electron chi connectivity index (χ3n) is 3.57. The summed E-state index contributed by atoms with van der Waals surface area (Å²) >= 11 is 0. The van der Waals surface area contributed by atoms with Crippen molar-refractivity contribution in [2.24, 2.45) is 0 Å². The largest absolute Gasteiger partial charge is 0.524 e. The fourth-order valence-electron chi connectivity index (χ4n) is 2.32. The van der Waals surface area contributed by atoms with Gasteiger partial charge in [-0.25, -0.2) is 4.57 Å². The van der Waals surface area contributed by atoms with E-state index in [9.17, 15) is 14.4 Å². The van der Waals surface area contributed by atoms with Gasteiger partial charge in [-0.3, -0.25) is 9.79 Å². The Morgan fingerprint density at radius 1 is 0.724 bits per heavy atom. The molecule has 0 spiro atoms. The molecule has 0 saturated heterocycles. The van der Waals surface area contributed by atoms with Gasteiger partial charge < -0.3 is 14.0 Å². The van der Waals surface area contributed by atoms with Crippen molar-refractivity contribution in [1.29, 1.82) is 10.5 Å². The Labute approximate surface area is 166 Å². The molecular weight excluding hydrogens is 395 g/mol. The second-order valence-corrected chi connectivity index (χ2v) is 6.81. The first kappa shape index (κ1) is 19.9. The van der Waals surface area contributed by atoms with Crippen molar-refractivity contribution in [1.82, 2.24) is 0 Å². The summed E-state index contributed by atoms with van der Waals surface area (Å²) in [4.78, 5) is 18.4. The molecule has 0 heterocycles. The molecule has 29 heavy (non-hydrogen) atoms. The lowest BCUT2D eigenvalue weighted by Crippen LogP contribution is -1.96. The maximum absolute atomic E-state index is 11.3. The molecule has 3 aromatic rings. The fraction of sp³-hybridized carbons (Fsp3) is 0. The molecule has 0 amide bonds. The zero-order valence-electron chi connectivity index (χ0n) is 14.7. The van der Waals surface area contributed by atoms with Crippen LogP contribution in [0.15, 0.2) is 66.7 Å². The van der Waals surface area contributed by atoms with Gasteiger partial charge in [0, 0.05) is 0 Å². The summed E-state index contributed by atoms with van der Waals surface area (Å²) < 4.78 is 27.6. The molecule has 0 saturated carbocycles. The molecule has 0 bridgehead atoms. The van der Waals surface area contributed by atoms with E-state index in [-0.39, 0.29) is 17.2 Å². The third kappa shape index (κ3) is 5.35. The van der Waals surface area contributed by atoms with Crippen LogP contribution in [-0.2, 0) is 4.57 Å². The van der Waals surface area contributed by atoms with Crippen molar-refractivity contribution < 1.29 is 28.3 Å². The highest BCUT2D eigenvalue weighted by molar-refractivity contribution is 7.46. The minimum atomic E-state index is -4.86. The molecule has 0 aliphatic heterocycles. The van der Waals surface area contributed by atoms with Crippen molar-refractivity contribution in [2.45, 2.75) is 0 Å². The highest BCUT2D eigenvalue weighted by Crippen LogP contribution is 2.48. The average molecular weight is 408 g/mol. The first-order valence-electron chi connectivity index (χ1n) is 8.12. The predicted molar refractivity (Wildman–Crippen MR) is 102 cm³/mol. The van der Waals surface area contributed by atoms with E-state index >= 15 is 0 Å². The highest BCUT2D eigenvalue weighted by Gasteiger charge is 2.22. The van der Waals surface area contributed by atoms with Crippen LogP contribution >= 0.6 is 7.82 Å². The Hall–Kier alpha value is -3.81. The van der Waals surface area contributed by atoms with Crippen LogP contribution in [-0.4, -0.2) is 9.79 Å². The molecule has 0 aliphatic rings. The Morgan fingerprint density at radius 2 is 1.21 bits per heavy atom. The van der Waals surface area contributed by atoms with Crippen LogP contribution in [0.5, 0.6) is 28.7 Å². The number of phosphoric acid groups is 1. The Morgan fingerprint density at radius 3 is 1.69 bits per heavy atom. The molecule has 144 valence electrons. The number of para-hydroxylation sites is 1. The van der Waals surface area contributed by atoms with E-state index in [1.165, 1.54) is 42.5 Å². The van der Waals surface area contributed by atoms with Crippen LogP contribution in [0.1, 0.15) is 11.1 Å². The van der Waals surface area contributed by atoms with Crippen LogP contribution in [0, 0.1) is 22.7 Å². The molecule has 0 fully saturated rings. The van der Waals surface area contributed by atoms with E-state index in [1.54, 1.807) is 24.3 Å². The molecule has 0 atom stereocenters. The minimum Gasteiger partial charge on any atom is -0.453 e. The second kappa shape index (κ2) is 8.47. The molecular formula is C20H13N2O6P. The van der Waals surface area contributed by atoms with Crippen LogP contribution in [0.3, 0.4) is 0 Å². The summed E-state index contributed by atoms with van der Waals surface area (Å²) in [6.45, 7) is 0. The van der Waals surface area contributed by atoms with Crippen LogP contribution in [0.25, 0.3) is 0 Å². The molecule has 0 unspecified atom stereocenters. The molecule has 3 rings (SSSR count). The van der Waals surface area contributed by atoms with Gasteiger partial charge in [-0.15, -0.1) is 0 Å². The van der Waals surface area contributed by atoms with Gasteiger partial charge in [0.2, 0.25) is 5.75 Å². The minimum absolute atomic E-state index is 0.0649. The number of benzene rings is 3. The Kier molecular flexibility index (Phi) is 5.82. The maximum Gasteiger partial charge on any atom is 0.524 e. The Balaban J connectivity index is 1.99. The van der Waals surface area contributed by atoms with E-state index in [0.717, 1.165) is 0 Å². The third-order valence-corrected chi connectivity index (χ3v) is 4.01.